The van der Waals surface area contributed by atoms with Gasteiger partial charge in [0.2, 0.25) is 5.91 Å². The molecule has 2 aromatic carbocycles. The molecule has 216 valence electrons. The van der Waals surface area contributed by atoms with Crippen LogP contribution >= 0.6 is 12.6 Å². The largest absolute Gasteiger partial charge is 0.445 e. The van der Waals surface area contributed by atoms with Gasteiger partial charge in [-0.1, -0.05) is 0 Å². The molecule has 0 bridgehead atoms. The number of carbonyl (C=O) groups excluding carboxylic acids is 3. The summed E-state index contributed by atoms with van der Waals surface area (Å²) in [7, 11) is 0. The number of carbonyl (C=O) groups is 3. The van der Waals surface area contributed by atoms with E-state index < -0.39 is 28.1 Å². The fourth-order valence-electron chi connectivity index (χ4n) is 4.23. The van der Waals surface area contributed by atoms with E-state index in [1.807, 2.05) is 0 Å². The first-order valence-electron chi connectivity index (χ1n) is 12.4. The van der Waals surface area contributed by atoms with Gasteiger partial charge in [-0.2, -0.15) is 12.6 Å². The van der Waals surface area contributed by atoms with Gasteiger partial charge in [-0.25, -0.2) is 9.59 Å². The van der Waals surface area contributed by atoms with E-state index in [0.29, 0.717) is 30.6 Å². The number of hydrogen-bond donors (Lipinski definition) is 2. The molecule has 2 aliphatic rings. The van der Waals surface area contributed by atoms with Crippen LogP contribution in [0, 0.1) is 20.2 Å². The monoisotopic (exact) mass is 586 g/mol. The molecular weight excluding hydrogens is 560 g/mol. The first kappa shape index (κ1) is 29.3. The molecule has 0 unspecified atom stereocenters. The highest BCUT2D eigenvalue weighted by atomic mass is 32.1. The Balaban J connectivity index is 1.18. The Bertz CT molecular complexity index is 1330. The summed E-state index contributed by atoms with van der Waals surface area (Å²) < 4.78 is 10.4. The zero-order chi connectivity index (χ0) is 29.5. The SMILES string of the molecule is O=C(NC=NC1CN(C(=O)[C@@H]2C[C@H](S)CN2C(=O)OCc2ccc([N+](=O)[O-])cc2)C1)OCc1ccc([N+](=O)[O-])cc1. The second-order valence-electron chi connectivity index (χ2n) is 9.36. The van der Waals surface area contributed by atoms with E-state index in [0.717, 1.165) is 0 Å². The molecular formula is C25H26N6O9S. The van der Waals surface area contributed by atoms with Gasteiger partial charge >= 0.3 is 12.2 Å². The summed E-state index contributed by atoms with van der Waals surface area (Å²) in [6.07, 6.45) is 0.116. The third kappa shape index (κ3) is 7.69. The van der Waals surface area contributed by atoms with Crippen molar-refractivity contribution in [3.63, 3.8) is 0 Å². The number of nitro groups is 2. The number of non-ortho nitro benzene ring substituents is 2. The molecule has 0 aliphatic carbocycles. The summed E-state index contributed by atoms with van der Waals surface area (Å²) in [6, 6.07) is 10.2. The van der Waals surface area contributed by atoms with E-state index in [1.54, 1.807) is 4.90 Å². The zero-order valence-corrected chi connectivity index (χ0v) is 22.4. The van der Waals surface area contributed by atoms with Crippen molar-refractivity contribution in [2.75, 3.05) is 19.6 Å². The van der Waals surface area contributed by atoms with Crippen LogP contribution in [0.2, 0.25) is 0 Å². The quantitative estimate of drug-likeness (QED) is 0.146. The van der Waals surface area contributed by atoms with E-state index in [2.05, 4.69) is 22.9 Å². The lowest BCUT2D eigenvalue weighted by Gasteiger charge is -2.39. The lowest BCUT2D eigenvalue weighted by Crippen LogP contribution is -2.58. The van der Waals surface area contributed by atoms with E-state index in [-0.39, 0.29) is 48.3 Å². The summed E-state index contributed by atoms with van der Waals surface area (Å²) in [5.74, 6) is -0.254. The maximum Gasteiger partial charge on any atom is 0.412 e. The van der Waals surface area contributed by atoms with Crippen molar-refractivity contribution in [3.8, 4) is 0 Å². The number of likely N-dealkylation sites (tertiary alicyclic amines) is 2. The number of aliphatic imine (C=N–C) groups is 1. The van der Waals surface area contributed by atoms with Crippen molar-refractivity contribution in [1.29, 1.82) is 0 Å². The average Bonchev–Trinajstić information content (AvgIpc) is 3.33. The van der Waals surface area contributed by atoms with Gasteiger partial charge < -0.3 is 14.4 Å². The molecule has 2 aromatic rings. The molecule has 15 nitrogen and oxygen atoms in total. The molecule has 0 spiro atoms. The number of nitrogens with one attached hydrogen (secondary N) is 1. The number of rotatable bonds is 9. The predicted molar refractivity (Wildman–Crippen MR) is 146 cm³/mol. The van der Waals surface area contributed by atoms with Crippen LogP contribution in [-0.4, -0.2) is 81.0 Å². The second kappa shape index (κ2) is 13.1. The average molecular weight is 587 g/mol. The van der Waals surface area contributed by atoms with Gasteiger partial charge in [0.05, 0.1) is 22.2 Å². The van der Waals surface area contributed by atoms with Crippen LogP contribution < -0.4 is 5.32 Å². The number of ether oxygens (including phenoxy) is 2. The van der Waals surface area contributed by atoms with Crippen molar-refractivity contribution in [2.45, 2.75) is 37.0 Å². The Morgan fingerprint density at radius 2 is 1.46 bits per heavy atom. The molecule has 2 aliphatic heterocycles. The molecule has 0 radical (unpaired) electrons. The molecule has 2 heterocycles. The summed E-state index contributed by atoms with van der Waals surface area (Å²) in [6.45, 7) is 0.654. The first-order valence-corrected chi connectivity index (χ1v) is 12.9. The highest BCUT2D eigenvalue weighted by Gasteiger charge is 2.43. The van der Waals surface area contributed by atoms with E-state index in [4.69, 9.17) is 9.47 Å². The smallest absolute Gasteiger partial charge is 0.412 e. The normalized spacial score (nSPS) is 18.6. The summed E-state index contributed by atoms with van der Waals surface area (Å²) in [5, 5.41) is 23.6. The van der Waals surface area contributed by atoms with Crippen LogP contribution in [0.4, 0.5) is 21.0 Å². The maximum atomic E-state index is 13.1. The van der Waals surface area contributed by atoms with Gasteiger partial charge in [-0.3, -0.25) is 40.2 Å². The molecule has 0 saturated carbocycles. The minimum atomic E-state index is -0.756. The van der Waals surface area contributed by atoms with Gasteiger partial charge in [0.25, 0.3) is 11.4 Å². The zero-order valence-electron chi connectivity index (χ0n) is 21.5. The minimum Gasteiger partial charge on any atom is -0.445 e. The minimum absolute atomic E-state index is 0.0657. The number of amides is 3. The van der Waals surface area contributed by atoms with Gasteiger partial charge in [-0.15, -0.1) is 0 Å². The van der Waals surface area contributed by atoms with Crippen LogP contribution in [0.5, 0.6) is 0 Å². The standard InChI is InChI=1S/C25H26N6O9S/c32-23(22-9-21(41)12-29(22)25(34)40-14-17-3-7-20(8-4-17)31(37)38)28-10-18(11-28)26-15-27-24(33)39-13-16-1-5-19(6-2-16)30(35)36/h1-8,15,18,21-22,41H,9-14H2,(H,26,27,33)/t21-,22-/m0/s1. The van der Waals surface area contributed by atoms with Crippen LogP contribution in [0.25, 0.3) is 0 Å². The van der Waals surface area contributed by atoms with Crippen molar-refractivity contribution in [3.05, 3.63) is 79.9 Å². The topological polar surface area (TPSA) is 187 Å². The number of benzene rings is 2. The van der Waals surface area contributed by atoms with Gasteiger partial charge in [-0.05, 0) is 41.8 Å². The van der Waals surface area contributed by atoms with Crippen molar-refractivity contribution in [2.24, 2.45) is 4.99 Å². The Morgan fingerprint density at radius 1 is 0.927 bits per heavy atom. The van der Waals surface area contributed by atoms with Crippen molar-refractivity contribution >= 4 is 48.4 Å². The van der Waals surface area contributed by atoms with Crippen LogP contribution in [0.15, 0.2) is 53.5 Å². The molecule has 3 amide bonds. The Hall–Kier alpha value is -4.73. The third-order valence-corrected chi connectivity index (χ3v) is 6.84. The molecule has 0 aromatic heterocycles. The molecule has 41 heavy (non-hydrogen) atoms. The van der Waals surface area contributed by atoms with Crippen molar-refractivity contribution in [1.82, 2.24) is 15.1 Å². The molecule has 2 atom stereocenters. The molecule has 16 heteroatoms. The Labute approximate surface area is 238 Å². The summed E-state index contributed by atoms with van der Waals surface area (Å²) >= 11 is 4.43. The van der Waals surface area contributed by atoms with E-state index >= 15 is 0 Å². The fourth-order valence-corrected chi connectivity index (χ4v) is 4.61. The highest BCUT2D eigenvalue weighted by molar-refractivity contribution is 7.81. The Morgan fingerprint density at radius 3 is 2.00 bits per heavy atom. The lowest BCUT2D eigenvalue weighted by atomic mass is 10.1. The van der Waals surface area contributed by atoms with Gasteiger partial charge in [0.1, 0.15) is 19.3 Å². The van der Waals surface area contributed by atoms with E-state index in [1.165, 1.54) is 59.8 Å². The number of alkyl carbamates (subject to hydrolysis) is 1. The first-order chi connectivity index (χ1) is 19.6. The number of nitro benzene ring substituents is 2. The predicted octanol–water partition coefficient (Wildman–Crippen LogP) is 2.68. The number of hydrogen-bond acceptors (Lipinski definition) is 11. The molecule has 4 rings (SSSR count). The third-order valence-electron chi connectivity index (χ3n) is 6.47. The lowest BCUT2D eigenvalue weighted by molar-refractivity contribution is -0.385. The summed E-state index contributed by atoms with van der Waals surface area (Å²) in [4.78, 5) is 65.2. The molecule has 2 fully saturated rings. The van der Waals surface area contributed by atoms with Gasteiger partial charge in [0, 0.05) is 49.1 Å². The summed E-state index contributed by atoms with van der Waals surface area (Å²) in [5.41, 5.74) is 1.01. The van der Waals surface area contributed by atoms with Crippen LogP contribution in [0.1, 0.15) is 17.5 Å². The Kier molecular flexibility index (Phi) is 9.34. The number of nitrogens with zero attached hydrogens (tertiary/aromatic N) is 5. The van der Waals surface area contributed by atoms with Crippen LogP contribution in [-0.2, 0) is 27.5 Å². The maximum absolute atomic E-state index is 13.1. The molecule has 1 N–H and O–H groups in total. The van der Waals surface area contributed by atoms with Crippen molar-refractivity contribution < 1.29 is 33.7 Å². The molecule has 2 saturated heterocycles. The van der Waals surface area contributed by atoms with Crippen LogP contribution in [0.3, 0.4) is 0 Å². The van der Waals surface area contributed by atoms with Gasteiger partial charge in [0.15, 0.2) is 0 Å². The van der Waals surface area contributed by atoms with E-state index in [9.17, 15) is 34.6 Å². The second-order valence-corrected chi connectivity index (χ2v) is 10.1. The highest BCUT2D eigenvalue weighted by Crippen LogP contribution is 2.27. The fraction of sp³-hybridized carbons (Fsp3) is 0.360. The number of thiol groups is 1.